The Bertz CT molecular complexity index is 625. The second-order valence-electron chi connectivity index (χ2n) is 5.01. The van der Waals surface area contributed by atoms with Gasteiger partial charge in [-0.2, -0.15) is 0 Å². The maximum absolute atomic E-state index is 12.2. The molecule has 0 spiro atoms. The number of rotatable bonds is 4. The predicted octanol–water partition coefficient (Wildman–Crippen LogP) is 4.06. The van der Waals surface area contributed by atoms with Gasteiger partial charge in [0.05, 0.1) is 0 Å². The standard InChI is InChI=1S/C14H16BrN3OS/c1-8(2)6-12-17-18-14(20-12)16-13(19)11-5-4-10(15)7-9(11)3/h4-5,7-8H,6H2,1-3H3,(H,16,18,19). The first-order chi connectivity index (χ1) is 9.45. The van der Waals surface area contributed by atoms with Crippen molar-refractivity contribution in [3.8, 4) is 0 Å². The van der Waals surface area contributed by atoms with Gasteiger partial charge in [0.1, 0.15) is 5.01 Å². The Hall–Kier alpha value is -1.27. The summed E-state index contributed by atoms with van der Waals surface area (Å²) in [7, 11) is 0. The molecule has 6 heteroatoms. The van der Waals surface area contributed by atoms with Crippen LogP contribution in [-0.2, 0) is 6.42 Å². The van der Waals surface area contributed by atoms with Crippen LogP contribution >= 0.6 is 27.3 Å². The lowest BCUT2D eigenvalue weighted by atomic mass is 10.1. The van der Waals surface area contributed by atoms with Crippen molar-refractivity contribution in [3.05, 3.63) is 38.8 Å². The normalized spacial score (nSPS) is 10.8. The summed E-state index contributed by atoms with van der Waals surface area (Å²) in [6, 6.07) is 5.57. The molecular weight excluding hydrogens is 338 g/mol. The van der Waals surface area contributed by atoms with Gasteiger partial charge in [0.15, 0.2) is 0 Å². The number of nitrogens with one attached hydrogen (secondary N) is 1. The van der Waals surface area contributed by atoms with Crippen LogP contribution in [0.2, 0.25) is 0 Å². The molecule has 0 unspecified atom stereocenters. The first kappa shape index (κ1) is 15.1. The van der Waals surface area contributed by atoms with E-state index in [-0.39, 0.29) is 5.91 Å². The number of amides is 1. The summed E-state index contributed by atoms with van der Waals surface area (Å²) < 4.78 is 0.960. The van der Waals surface area contributed by atoms with Gasteiger partial charge in [-0.25, -0.2) is 0 Å². The zero-order valence-electron chi connectivity index (χ0n) is 11.6. The Labute approximate surface area is 130 Å². The maximum atomic E-state index is 12.2. The first-order valence-electron chi connectivity index (χ1n) is 6.35. The van der Waals surface area contributed by atoms with Crippen LogP contribution in [-0.4, -0.2) is 16.1 Å². The van der Waals surface area contributed by atoms with Crippen LogP contribution in [0.15, 0.2) is 22.7 Å². The number of nitrogens with zero attached hydrogens (tertiary/aromatic N) is 2. The molecule has 0 radical (unpaired) electrons. The molecule has 0 aliphatic rings. The number of hydrogen-bond donors (Lipinski definition) is 1. The molecule has 2 aromatic rings. The molecule has 0 fully saturated rings. The van der Waals surface area contributed by atoms with Crippen LogP contribution in [0.3, 0.4) is 0 Å². The summed E-state index contributed by atoms with van der Waals surface area (Å²) >= 11 is 4.82. The van der Waals surface area contributed by atoms with E-state index in [4.69, 9.17) is 0 Å². The molecule has 1 amide bonds. The molecule has 2 rings (SSSR count). The van der Waals surface area contributed by atoms with Crippen molar-refractivity contribution in [1.29, 1.82) is 0 Å². The van der Waals surface area contributed by atoms with E-state index in [0.717, 1.165) is 21.5 Å². The fourth-order valence-corrected chi connectivity index (χ4v) is 3.20. The van der Waals surface area contributed by atoms with E-state index in [1.54, 1.807) is 6.07 Å². The van der Waals surface area contributed by atoms with Crippen LogP contribution in [0.1, 0.15) is 34.8 Å². The Morgan fingerprint density at radius 1 is 1.40 bits per heavy atom. The minimum Gasteiger partial charge on any atom is -0.296 e. The topological polar surface area (TPSA) is 54.9 Å². The lowest BCUT2D eigenvalue weighted by Crippen LogP contribution is -2.13. The van der Waals surface area contributed by atoms with Gasteiger partial charge in [-0.05, 0) is 36.6 Å². The number of aryl methyl sites for hydroxylation is 1. The second kappa shape index (κ2) is 6.45. The molecule has 0 saturated carbocycles. The van der Waals surface area contributed by atoms with Gasteiger partial charge in [-0.3, -0.25) is 10.1 Å². The minimum absolute atomic E-state index is 0.151. The third kappa shape index (κ3) is 3.86. The summed E-state index contributed by atoms with van der Waals surface area (Å²) in [6.07, 6.45) is 0.880. The molecule has 20 heavy (non-hydrogen) atoms. The van der Waals surface area contributed by atoms with Crippen molar-refractivity contribution < 1.29 is 4.79 Å². The molecule has 0 aliphatic carbocycles. The quantitative estimate of drug-likeness (QED) is 0.901. The van der Waals surface area contributed by atoms with Crippen LogP contribution in [0, 0.1) is 12.8 Å². The molecule has 0 saturated heterocycles. The Morgan fingerprint density at radius 3 is 2.80 bits per heavy atom. The summed E-state index contributed by atoms with van der Waals surface area (Å²) in [6.45, 7) is 6.17. The Kier molecular flexibility index (Phi) is 4.88. The van der Waals surface area contributed by atoms with Crippen LogP contribution in [0.4, 0.5) is 5.13 Å². The smallest absolute Gasteiger partial charge is 0.257 e. The molecule has 0 atom stereocenters. The third-order valence-electron chi connectivity index (χ3n) is 2.70. The molecule has 4 nitrogen and oxygen atoms in total. The van der Waals surface area contributed by atoms with Crippen LogP contribution in [0.25, 0.3) is 0 Å². The number of anilines is 1. The van der Waals surface area contributed by atoms with E-state index in [2.05, 4.69) is 45.3 Å². The van der Waals surface area contributed by atoms with Gasteiger partial charge in [0.25, 0.3) is 5.91 Å². The number of benzene rings is 1. The second-order valence-corrected chi connectivity index (χ2v) is 6.99. The molecular formula is C14H16BrN3OS. The van der Waals surface area contributed by atoms with E-state index in [0.29, 0.717) is 16.6 Å². The summed E-state index contributed by atoms with van der Waals surface area (Å²) in [5.41, 5.74) is 1.57. The summed E-state index contributed by atoms with van der Waals surface area (Å²) in [5, 5.41) is 12.4. The highest BCUT2D eigenvalue weighted by Crippen LogP contribution is 2.21. The average molecular weight is 354 g/mol. The lowest BCUT2D eigenvalue weighted by molar-refractivity contribution is 0.102. The molecule has 106 valence electrons. The molecule has 1 aromatic carbocycles. The van der Waals surface area contributed by atoms with E-state index in [1.807, 2.05) is 19.1 Å². The molecule has 0 bridgehead atoms. The van der Waals surface area contributed by atoms with Crippen LogP contribution in [0.5, 0.6) is 0 Å². The van der Waals surface area contributed by atoms with Crippen molar-refractivity contribution in [3.63, 3.8) is 0 Å². The largest absolute Gasteiger partial charge is 0.296 e. The highest BCUT2D eigenvalue weighted by atomic mass is 79.9. The van der Waals surface area contributed by atoms with Gasteiger partial charge in [0.2, 0.25) is 5.13 Å². The van der Waals surface area contributed by atoms with Gasteiger partial charge in [-0.1, -0.05) is 41.1 Å². The molecule has 0 aliphatic heterocycles. The monoisotopic (exact) mass is 353 g/mol. The number of carbonyl (C=O) groups is 1. The van der Waals surface area contributed by atoms with Crippen molar-refractivity contribution in [2.45, 2.75) is 27.2 Å². The predicted molar refractivity (Wildman–Crippen MR) is 85.3 cm³/mol. The van der Waals surface area contributed by atoms with Gasteiger partial charge in [0, 0.05) is 16.5 Å². The minimum atomic E-state index is -0.151. The van der Waals surface area contributed by atoms with Gasteiger partial charge in [-0.15, -0.1) is 10.2 Å². The fraction of sp³-hybridized carbons (Fsp3) is 0.357. The van der Waals surface area contributed by atoms with Crippen molar-refractivity contribution in [1.82, 2.24) is 10.2 Å². The maximum Gasteiger partial charge on any atom is 0.257 e. The number of hydrogen-bond acceptors (Lipinski definition) is 4. The SMILES string of the molecule is Cc1cc(Br)ccc1C(=O)Nc1nnc(CC(C)C)s1. The van der Waals surface area contributed by atoms with Gasteiger partial charge >= 0.3 is 0 Å². The molecule has 1 aromatic heterocycles. The highest BCUT2D eigenvalue weighted by molar-refractivity contribution is 9.10. The third-order valence-corrected chi connectivity index (χ3v) is 4.06. The fourth-order valence-electron chi connectivity index (χ4n) is 1.78. The van der Waals surface area contributed by atoms with E-state index < -0.39 is 0 Å². The van der Waals surface area contributed by atoms with E-state index >= 15 is 0 Å². The Balaban J connectivity index is 2.09. The number of carbonyl (C=O) groups excluding carboxylic acids is 1. The van der Waals surface area contributed by atoms with E-state index in [1.165, 1.54) is 11.3 Å². The highest BCUT2D eigenvalue weighted by Gasteiger charge is 2.13. The van der Waals surface area contributed by atoms with Crippen molar-refractivity contribution in [2.75, 3.05) is 5.32 Å². The average Bonchev–Trinajstić information content (AvgIpc) is 2.75. The van der Waals surface area contributed by atoms with Crippen molar-refractivity contribution in [2.24, 2.45) is 5.92 Å². The number of aromatic nitrogens is 2. The van der Waals surface area contributed by atoms with E-state index in [9.17, 15) is 4.79 Å². The zero-order chi connectivity index (χ0) is 14.7. The zero-order valence-corrected chi connectivity index (χ0v) is 14.0. The Morgan fingerprint density at radius 2 is 2.15 bits per heavy atom. The van der Waals surface area contributed by atoms with Crippen molar-refractivity contribution >= 4 is 38.3 Å². The lowest BCUT2D eigenvalue weighted by Gasteiger charge is -2.05. The van der Waals surface area contributed by atoms with Gasteiger partial charge < -0.3 is 0 Å². The first-order valence-corrected chi connectivity index (χ1v) is 7.96. The van der Waals surface area contributed by atoms with Crippen LogP contribution < -0.4 is 5.32 Å². The summed E-state index contributed by atoms with van der Waals surface area (Å²) in [4.78, 5) is 12.2. The summed E-state index contributed by atoms with van der Waals surface area (Å²) in [5.74, 6) is 0.377. The number of halogens is 1. The molecule has 1 N–H and O–H groups in total. The molecule has 1 heterocycles.